The lowest BCUT2D eigenvalue weighted by atomic mass is 10.2. The van der Waals surface area contributed by atoms with E-state index in [4.69, 9.17) is 4.42 Å². The number of hydrogen-bond donors (Lipinski definition) is 1. The van der Waals surface area contributed by atoms with Crippen molar-refractivity contribution in [1.82, 2.24) is 0 Å². The van der Waals surface area contributed by atoms with Gasteiger partial charge in [0.15, 0.2) is 17.4 Å². The first-order valence-electron chi connectivity index (χ1n) is 4.88. The third-order valence-electron chi connectivity index (χ3n) is 2.25. The van der Waals surface area contributed by atoms with Gasteiger partial charge in [-0.25, -0.2) is 8.78 Å². The molecule has 0 atom stereocenters. The summed E-state index contributed by atoms with van der Waals surface area (Å²) in [5.41, 5.74) is 0.842. The molecule has 88 valence electrons. The fourth-order valence-electron chi connectivity index (χ4n) is 1.37. The van der Waals surface area contributed by atoms with Gasteiger partial charge in [-0.1, -0.05) is 0 Å². The maximum absolute atomic E-state index is 12.9. The van der Waals surface area contributed by atoms with Crippen molar-refractivity contribution in [2.45, 2.75) is 6.92 Å². The second-order valence-corrected chi connectivity index (χ2v) is 3.52. The summed E-state index contributed by atoms with van der Waals surface area (Å²) in [7, 11) is 0. The zero-order valence-electron chi connectivity index (χ0n) is 8.96. The number of aryl methyl sites for hydroxylation is 1. The number of rotatable bonds is 2. The fraction of sp³-hybridized carbons (Fsp3) is 0.0833. The average molecular weight is 237 g/mol. The number of nitrogens with one attached hydrogen (secondary N) is 1. The molecule has 0 fully saturated rings. The van der Waals surface area contributed by atoms with Gasteiger partial charge in [-0.15, -0.1) is 0 Å². The van der Waals surface area contributed by atoms with Gasteiger partial charge in [0.05, 0.1) is 6.26 Å². The highest BCUT2D eigenvalue weighted by molar-refractivity contribution is 6.03. The van der Waals surface area contributed by atoms with Crippen molar-refractivity contribution in [3.8, 4) is 0 Å². The van der Waals surface area contributed by atoms with Crippen molar-refractivity contribution in [2.75, 3.05) is 5.32 Å². The molecule has 0 spiro atoms. The predicted molar refractivity (Wildman–Crippen MR) is 57.8 cm³/mol. The minimum atomic E-state index is -1.01. The highest BCUT2D eigenvalue weighted by Crippen LogP contribution is 2.16. The molecule has 1 heterocycles. The lowest BCUT2D eigenvalue weighted by Crippen LogP contribution is -2.12. The van der Waals surface area contributed by atoms with E-state index in [0.717, 1.165) is 12.1 Å². The zero-order chi connectivity index (χ0) is 12.4. The summed E-state index contributed by atoms with van der Waals surface area (Å²) in [6.07, 6.45) is 1.38. The van der Waals surface area contributed by atoms with Crippen LogP contribution in [0.1, 0.15) is 16.1 Å². The molecule has 0 bridgehead atoms. The molecule has 0 aliphatic carbocycles. The van der Waals surface area contributed by atoms with Gasteiger partial charge in [-0.3, -0.25) is 4.79 Å². The van der Waals surface area contributed by atoms with Crippen molar-refractivity contribution in [3.05, 3.63) is 53.5 Å². The first-order valence-corrected chi connectivity index (χ1v) is 4.88. The number of amides is 1. The maximum atomic E-state index is 12.9. The van der Waals surface area contributed by atoms with E-state index in [1.165, 1.54) is 12.3 Å². The molecule has 1 aromatic carbocycles. The number of anilines is 1. The smallest absolute Gasteiger partial charge is 0.291 e. The number of furan rings is 1. The summed E-state index contributed by atoms with van der Waals surface area (Å²) >= 11 is 0. The van der Waals surface area contributed by atoms with Crippen LogP contribution in [0.25, 0.3) is 0 Å². The normalized spacial score (nSPS) is 10.3. The minimum Gasteiger partial charge on any atom is -0.459 e. The lowest BCUT2D eigenvalue weighted by Gasteiger charge is -2.04. The first kappa shape index (κ1) is 11.3. The van der Waals surface area contributed by atoms with Crippen LogP contribution in [0.5, 0.6) is 0 Å². The molecule has 0 aliphatic heterocycles. The largest absolute Gasteiger partial charge is 0.459 e. The molecule has 5 heteroatoms. The van der Waals surface area contributed by atoms with Gasteiger partial charge in [-0.05, 0) is 25.1 Å². The molecule has 1 N–H and O–H groups in total. The molecule has 2 rings (SSSR count). The maximum Gasteiger partial charge on any atom is 0.291 e. The summed E-state index contributed by atoms with van der Waals surface area (Å²) in [4.78, 5) is 11.7. The number of hydrogen-bond acceptors (Lipinski definition) is 2. The van der Waals surface area contributed by atoms with E-state index in [1.807, 2.05) is 0 Å². The van der Waals surface area contributed by atoms with Gasteiger partial charge < -0.3 is 9.73 Å². The monoisotopic (exact) mass is 237 g/mol. The van der Waals surface area contributed by atoms with E-state index < -0.39 is 17.5 Å². The van der Waals surface area contributed by atoms with Crippen molar-refractivity contribution >= 4 is 11.6 Å². The number of carbonyl (C=O) groups is 1. The van der Waals surface area contributed by atoms with Crippen molar-refractivity contribution in [2.24, 2.45) is 0 Å². The Labute approximate surface area is 96.1 Å². The van der Waals surface area contributed by atoms with E-state index in [1.54, 1.807) is 13.0 Å². The Balaban J connectivity index is 2.19. The van der Waals surface area contributed by atoms with Crippen molar-refractivity contribution < 1.29 is 18.0 Å². The predicted octanol–water partition coefficient (Wildman–Crippen LogP) is 3.12. The molecule has 0 unspecified atom stereocenters. The summed E-state index contributed by atoms with van der Waals surface area (Å²) in [5, 5.41) is 2.41. The third-order valence-corrected chi connectivity index (χ3v) is 2.25. The highest BCUT2D eigenvalue weighted by Gasteiger charge is 2.13. The lowest BCUT2D eigenvalue weighted by molar-refractivity contribution is 0.0996. The molecule has 0 saturated heterocycles. The number of halogens is 2. The Kier molecular flexibility index (Phi) is 2.91. The minimum absolute atomic E-state index is 0.148. The van der Waals surface area contributed by atoms with Crippen LogP contribution in [0.2, 0.25) is 0 Å². The summed E-state index contributed by atoms with van der Waals surface area (Å²) < 4.78 is 30.5. The third kappa shape index (κ3) is 2.33. The Hall–Kier alpha value is -2.17. The fourth-order valence-corrected chi connectivity index (χ4v) is 1.37. The SMILES string of the molecule is Cc1ccoc1C(=O)Nc1ccc(F)c(F)c1. The molecule has 0 aliphatic rings. The highest BCUT2D eigenvalue weighted by atomic mass is 19.2. The summed E-state index contributed by atoms with van der Waals surface area (Å²) in [6.45, 7) is 1.71. The molecule has 2 aromatic rings. The van der Waals surface area contributed by atoms with Gasteiger partial charge in [0, 0.05) is 17.3 Å². The zero-order valence-corrected chi connectivity index (χ0v) is 8.96. The van der Waals surface area contributed by atoms with Crippen LogP contribution in [0.3, 0.4) is 0 Å². The van der Waals surface area contributed by atoms with Crippen molar-refractivity contribution in [3.63, 3.8) is 0 Å². The molecule has 3 nitrogen and oxygen atoms in total. The topological polar surface area (TPSA) is 42.2 Å². The Morgan fingerprint density at radius 2 is 2.00 bits per heavy atom. The van der Waals surface area contributed by atoms with Gasteiger partial charge >= 0.3 is 0 Å². The van der Waals surface area contributed by atoms with Crippen LogP contribution >= 0.6 is 0 Å². The van der Waals surface area contributed by atoms with E-state index in [2.05, 4.69) is 5.32 Å². The molecule has 1 aromatic heterocycles. The molecular formula is C12H9F2NO2. The second kappa shape index (κ2) is 4.37. The summed E-state index contributed by atoms with van der Waals surface area (Å²) in [5.74, 6) is -2.33. The summed E-state index contributed by atoms with van der Waals surface area (Å²) in [6, 6.07) is 4.76. The molecule has 0 saturated carbocycles. The van der Waals surface area contributed by atoms with Gasteiger partial charge in [0.1, 0.15) is 0 Å². The Bertz CT molecular complexity index is 563. The molecule has 1 amide bonds. The Morgan fingerprint density at radius 1 is 1.24 bits per heavy atom. The average Bonchev–Trinajstić information content (AvgIpc) is 2.70. The Morgan fingerprint density at radius 3 is 2.59 bits per heavy atom. The van der Waals surface area contributed by atoms with E-state index in [9.17, 15) is 13.6 Å². The van der Waals surface area contributed by atoms with Crippen LogP contribution in [0, 0.1) is 18.6 Å². The van der Waals surface area contributed by atoms with Gasteiger partial charge in [-0.2, -0.15) is 0 Å². The van der Waals surface area contributed by atoms with E-state index in [-0.39, 0.29) is 11.4 Å². The quantitative estimate of drug-likeness (QED) is 0.871. The van der Waals surface area contributed by atoms with Gasteiger partial charge in [0.2, 0.25) is 0 Å². The van der Waals surface area contributed by atoms with E-state index in [0.29, 0.717) is 5.56 Å². The molecule has 0 radical (unpaired) electrons. The number of benzene rings is 1. The number of carbonyl (C=O) groups excluding carboxylic acids is 1. The standard InChI is InChI=1S/C12H9F2NO2/c1-7-4-5-17-11(7)12(16)15-8-2-3-9(13)10(14)6-8/h2-6H,1H3,(H,15,16). The van der Waals surface area contributed by atoms with E-state index >= 15 is 0 Å². The van der Waals surface area contributed by atoms with Crippen molar-refractivity contribution in [1.29, 1.82) is 0 Å². The first-order chi connectivity index (χ1) is 8.08. The van der Waals surface area contributed by atoms with Crippen LogP contribution in [-0.2, 0) is 0 Å². The van der Waals surface area contributed by atoms with Crippen LogP contribution < -0.4 is 5.32 Å². The van der Waals surface area contributed by atoms with Crippen LogP contribution in [0.15, 0.2) is 34.9 Å². The van der Waals surface area contributed by atoms with Crippen LogP contribution in [0.4, 0.5) is 14.5 Å². The van der Waals surface area contributed by atoms with Crippen LogP contribution in [-0.4, -0.2) is 5.91 Å². The molecular weight excluding hydrogens is 228 g/mol. The molecule has 17 heavy (non-hydrogen) atoms. The second-order valence-electron chi connectivity index (χ2n) is 3.52. The van der Waals surface area contributed by atoms with Gasteiger partial charge in [0.25, 0.3) is 5.91 Å².